The Labute approximate surface area is 135 Å². The summed E-state index contributed by atoms with van der Waals surface area (Å²) in [5.41, 5.74) is 4.81. The second kappa shape index (κ2) is 6.14. The van der Waals surface area contributed by atoms with E-state index >= 15 is 0 Å². The van der Waals surface area contributed by atoms with Crippen LogP contribution in [0.2, 0.25) is 0 Å². The van der Waals surface area contributed by atoms with Crippen molar-refractivity contribution in [3.63, 3.8) is 0 Å². The van der Waals surface area contributed by atoms with Crippen LogP contribution in [0.15, 0.2) is 24.3 Å². The summed E-state index contributed by atoms with van der Waals surface area (Å²) < 4.78 is 39.5. The molecule has 1 aliphatic carbocycles. The third-order valence-electron chi connectivity index (χ3n) is 3.72. The molecule has 2 aromatic rings. The van der Waals surface area contributed by atoms with Crippen LogP contribution >= 0.6 is 0 Å². The Hall–Kier alpha value is -2.58. The van der Waals surface area contributed by atoms with E-state index in [9.17, 15) is 18.0 Å². The zero-order chi connectivity index (χ0) is 17.3. The SMILES string of the molecule is NC(=O)NCCc1nc(C2CC2)nn1-c1ccc(C(F)(F)F)cc1. The molecule has 0 atom stereocenters. The molecular weight excluding hydrogens is 323 g/mol. The number of hydrogen-bond donors (Lipinski definition) is 2. The fourth-order valence-corrected chi connectivity index (χ4v) is 2.33. The number of rotatable bonds is 5. The van der Waals surface area contributed by atoms with Gasteiger partial charge in [-0.2, -0.15) is 18.3 Å². The van der Waals surface area contributed by atoms with Crippen LogP contribution in [-0.2, 0) is 12.6 Å². The van der Waals surface area contributed by atoms with Crippen molar-refractivity contribution in [1.29, 1.82) is 0 Å². The van der Waals surface area contributed by atoms with Crippen molar-refractivity contribution in [2.75, 3.05) is 6.54 Å². The molecule has 1 fully saturated rings. The summed E-state index contributed by atoms with van der Waals surface area (Å²) in [5.74, 6) is 1.57. The van der Waals surface area contributed by atoms with E-state index in [1.165, 1.54) is 16.8 Å². The Balaban J connectivity index is 1.86. The van der Waals surface area contributed by atoms with E-state index in [4.69, 9.17) is 5.73 Å². The van der Waals surface area contributed by atoms with Gasteiger partial charge < -0.3 is 11.1 Å². The number of carbonyl (C=O) groups is 1. The number of nitrogens with one attached hydrogen (secondary N) is 1. The molecular formula is C15H16F3N5O. The second-order valence-electron chi connectivity index (χ2n) is 5.66. The lowest BCUT2D eigenvalue weighted by molar-refractivity contribution is -0.137. The summed E-state index contributed by atoms with van der Waals surface area (Å²) in [6, 6.07) is 4.11. The van der Waals surface area contributed by atoms with Crippen LogP contribution in [0.5, 0.6) is 0 Å². The minimum atomic E-state index is -4.38. The molecule has 1 aliphatic rings. The average molecular weight is 339 g/mol. The van der Waals surface area contributed by atoms with E-state index in [0.717, 1.165) is 25.0 Å². The quantitative estimate of drug-likeness (QED) is 0.877. The van der Waals surface area contributed by atoms with Crippen LogP contribution in [0.3, 0.4) is 0 Å². The number of benzene rings is 1. The molecule has 3 rings (SSSR count). The molecule has 1 aromatic heterocycles. The minimum absolute atomic E-state index is 0.277. The number of carbonyl (C=O) groups excluding carboxylic acids is 1. The maximum atomic E-state index is 12.7. The number of urea groups is 1. The van der Waals surface area contributed by atoms with Gasteiger partial charge in [0.05, 0.1) is 11.3 Å². The summed E-state index contributed by atoms with van der Waals surface area (Å²) in [7, 11) is 0. The minimum Gasteiger partial charge on any atom is -0.352 e. The van der Waals surface area contributed by atoms with E-state index in [-0.39, 0.29) is 6.54 Å². The first-order valence-corrected chi connectivity index (χ1v) is 7.51. The third-order valence-corrected chi connectivity index (χ3v) is 3.72. The topological polar surface area (TPSA) is 85.8 Å². The molecule has 1 heterocycles. The van der Waals surface area contributed by atoms with Crippen molar-refractivity contribution >= 4 is 6.03 Å². The van der Waals surface area contributed by atoms with Gasteiger partial charge in [0.2, 0.25) is 0 Å². The number of halogens is 3. The van der Waals surface area contributed by atoms with Crippen molar-refractivity contribution in [3.8, 4) is 5.69 Å². The normalized spacial score (nSPS) is 14.6. The first kappa shape index (κ1) is 16.3. The first-order chi connectivity index (χ1) is 11.3. The van der Waals surface area contributed by atoms with E-state index < -0.39 is 17.8 Å². The molecule has 2 amide bonds. The molecule has 0 aliphatic heterocycles. The van der Waals surface area contributed by atoms with E-state index in [1.54, 1.807) is 0 Å². The molecule has 1 aromatic carbocycles. The summed E-state index contributed by atoms with van der Waals surface area (Å²) in [5, 5.41) is 6.88. The number of aromatic nitrogens is 3. The number of nitrogens with zero attached hydrogens (tertiary/aromatic N) is 3. The van der Waals surface area contributed by atoms with Crippen LogP contribution in [0, 0.1) is 0 Å². The Morgan fingerprint density at radius 1 is 1.29 bits per heavy atom. The van der Waals surface area contributed by atoms with Crippen molar-refractivity contribution in [3.05, 3.63) is 41.5 Å². The predicted molar refractivity (Wildman–Crippen MR) is 79.6 cm³/mol. The fourth-order valence-electron chi connectivity index (χ4n) is 2.33. The van der Waals surface area contributed by atoms with Gasteiger partial charge in [-0.1, -0.05) is 0 Å². The zero-order valence-corrected chi connectivity index (χ0v) is 12.7. The number of nitrogens with two attached hydrogens (primary N) is 1. The molecule has 24 heavy (non-hydrogen) atoms. The Morgan fingerprint density at radius 2 is 1.96 bits per heavy atom. The Bertz CT molecular complexity index is 735. The van der Waals surface area contributed by atoms with Crippen molar-refractivity contribution in [1.82, 2.24) is 20.1 Å². The highest BCUT2D eigenvalue weighted by Crippen LogP contribution is 2.38. The summed E-state index contributed by atoms with van der Waals surface area (Å²) in [6.45, 7) is 0.277. The lowest BCUT2D eigenvalue weighted by Gasteiger charge is -2.09. The molecule has 0 radical (unpaired) electrons. The van der Waals surface area contributed by atoms with Gasteiger partial charge in [0, 0.05) is 18.9 Å². The smallest absolute Gasteiger partial charge is 0.352 e. The van der Waals surface area contributed by atoms with Gasteiger partial charge in [-0.15, -0.1) is 0 Å². The van der Waals surface area contributed by atoms with Crippen molar-refractivity contribution in [2.24, 2.45) is 5.73 Å². The predicted octanol–water partition coefficient (Wildman–Crippen LogP) is 2.37. The molecule has 128 valence electrons. The van der Waals surface area contributed by atoms with Gasteiger partial charge in [0.15, 0.2) is 5.82 Å². The van der Waals surface area contributed by atoms with Gasteiger partial charge in [-0.05, 0) is 37.1 Å². The summed E-state index contributed by atoms with van der Waals surface area (Å²) in [6.07, 6.45) is -1.98. The van der Waals surface area contributed by atoms with Crippen LogP contribution < -0.4 is 11.1 Å². The molecule has 3 N–H and O–H groups in total. The van der Waals surface area contributed by atoms with Crippen LogP contribution in [0.25, 0.3) is 5.69 Å². The molecule has 1 saturated carbocycles. The van der Waals surface area contributed by atoms with Gasteiger partial charge in [0.1, 0.15) is 5.82 Å². The highest BCUT2D eigenvalue weighted by Gasteiger charge is 2.31. The Morgan fingerprint density at radius 3 is 2.50 bits per heavy atom. The monoisotopic (exact) mass is 339 g/mol. The average Bonchev–Trinajstić information content (AvgIpc) is 3.27. The summed E-state index contributed by atoms with van der Waals surface area (Å²) >= 11 is 0. The van der Waals surface area contributed by atoms with Crippen LogP contribution in [0.1, 0.15) is 36.0 Å². The van der Waals surface area contributed by atoms with E-state index in [2.05, 4.69) is 15.4 Å². The van der Waals surface area contributed by atoms with Crippen LogP contribution in [0.4, 0.5) is 18.0 Å². The van der Waals surface area contributed by atoms with E-state index in [0.29, 0.717) is 29.7 Å². The third kappa shape index (κ3) is 3.66. The lowest BCUT2D eigenvalue weighted by Crippen LogP contribution is -2.31. The first-order valence-electron chi connectivity index (χ1n) is 7.51. The zero-order valence-electron chi connectivity index (χ0n) is 12.7. The molecule has 6 nitrogen and oxygen atoms in total. The Kier molecular flexibility index (Phi) is 4.16. The maximum absolute atomic E-state index is 12.7. The van der Waals surface area contributed by atoms with Gasteiger partial charge >= 0.3 is 12.2 Å². The van der Waals surface area contributed by atoms with Crippen LogP contribution in [-0.4, -0.2) is 27.3 Å². The lowest BCUT2D eigenvalue weighted by atomic mass is 10.2. The highest BCUT2D eigenvalue weighted by molar-refractivity contribution is 5.71. The van der Waals surface area contributed by atoms with Crippen molar-refractivity contribution in [2.45, 2.75) is 31.4 Å². The van der Waals surface area contributed by atoms with Crippen molar-refractivity contribution < 1.29 is 18.0 Å². The standard InChI is InChI=1S/C15H16F3N5O/c16-15(17,18)10-3-5-11(6-4-10)23-12(7-8-20-14(19)24)21-13(22-23)9-1-2-9/h3-6,9H,1-2,7-8H2,(H3,19,20,24). The highest BCUT2D eigenvalue weighted by atomic mass is 19.4. The maximum Gasteiger partial charge on any atom is 0.416 e. The van der Waals surface area contributed by atoms with Gasteiger partial charge in [-0.3, -0.25) is 0 Å². The number of alkyl halides is 3. The number of hydrogen-bond acceptors (Lipinski definition) is 3. The molecule has 0 spiro atoms. The summed E-state index contributed by atoms with van der Waals surface area (Å²) in [4.78, 5) is 15.2. The molecule has 0 saturated heterocycles. The molecule has 0 bridgehead atoms. The molecule has 9 heteroatoms. The largest absolute Gasteiger partial charge is 0.416 e. The number of primary amides is 1. The van der Waals surface area contributed by atoms with E-state index in [1.807, 2.05) is 0 Å². The number of amides is 2. The second-order valence-corrected chi connectivity index (χ2v) is 5.66. The van der Waals surface area contributed by atoms with Gasteiger partial charge in [-0.25, -0.2) is 14.5 Å². The molecule has 0 unspecified atom stereocenters. The fraction of sp³-hybridized carbons (Fsp3) is 0.400. The van der Waals surface area contributed by atoms with Gasteiger partial charge in [0.25, 0.3) is 0 Å².